The molecule has 0 radical (unpaired) electrons. The number of imidazole rings is 1. The molecule has 0 bridgehead atoms. The molecule has 3 heterocycles. The smallest absolute Gasteiger partial charge is 0.198 e. The summed E-state index contributed by atoms with van der Waals surface area (Å²) in [6.07, 6.45) is 6.61. The number of carbonyl (C=O) groups excluding carboxylic acids is 1. The minimum atomic E-state index is -0.674. The Balaban J connectivity index is 1.70. The second kappa shape index (κ2) is 6.68. The summed E-state index contributed by atoms with van der Waals surface area (Å²) < 4.78 is 22.5. The van der Waals surface area contributed by atoms with Gasteiger partial charge in [0.05, 0.1) is 5.56 Å². The molecule has 0 spiro atoms. The third kappa shape index (κ3) is 2.97. The lowest BCUT2D eigenvalue weighted by atomic mass is 9.98. The number of carbonyl (C=O) groups is 1. The number of hydrogen-bond donors (Lipinski definition) is 1. The van der Waals surface area contributed by atoms with Crippen molar-refractivity contribution in [2.45, 2.75) is 13.5 Å². The molecule has 27 heavy (non-hydrogen) atoms. The van der Waals surface area contributed by atoms with E-state index in [2.05, 4.69) is 15.0 Å². The van der Waals surface area contributed by atoms with E-state index in [0.717, 1.165) is 0 Å². The summed E-state index contributed by atoms with van der Waals surface area (Å²) in [5.41, 5.74) is 1.50. The molecule has 0 atom stereocenters. The van der Waals surface area contributed by atoms with Crippen molar-refractivity contribution in [3.05, 3.63) is 77.4 Å². The topological polar surface area (TPSA) is 72.8 Å². The lowest BCUT2D eigenvalue weighted by Gasteiger charge is -2.12. The average molecular weight is 364 g/mol. The van der Waals surface area contributed by atoms with Crippen molar-refractivity contribution in [2.75, 3.05) is 0 Å². The molecule has 7 heteroatoms. The quantitative estimate of drug-likeness (QED) is 0.550. The Labute approximate surface area is 154 Å². The first-order chi connectivity index (χ1) is 13.1. The first kappa shape index (κ1) is 17.0. The largest absolute Gasteiger partial charge is 0.483 e. The van der Waals surface area contributed by atoms with Gasteiger partial charge in [0, 0.05) is 42.8 Å². The summed E-state index contributed by atoms with van der Waals surface area (Å²) in [7, 11) is 1.83. The predicted octanol–water partition coefficient (Wildman–Crippen LogP) is 3.55. The number of H-pyrrole nitrogens is 1. The molecule has 4 rings (SSSR count). The Morgan fingerprint density at radius 2 is 2.11 bits per heavy atom. The number of aromatic nitrogens is 4. The van der Waals surface area contributed by atoms with Gasteiger partial charge in [-0.05, 0) is 30.7 Å². The van der Waals surface area contributed by atoms with Crippen molar-refractivity contribution in [1.29, 1.82) is 0 Å². The van der Waals surface area contributed by atoms with Gasteiger partial charge in [-0.2, -0.15) is 0 Å². The van der Waals surface area contributed by atoms with Gasteiger partial charge in [-0.3, -0.25) is 4.79 Å². The molecule has 0 unspecified atom stereocenters. The molecule has 0 aliphatic carbocycles. The molecule has 0 amide bonds. The Hall–Kier alpha value is -3.48. The number of fused-ring (bicyclic) bond motifs is 1. The van der Waals surface area contributed by atoms with E-state index in [9.17, 15) is 4.79 Å². The van der Waals surface area contributed by atoms with E-state index >= 15 is 4.39 Å². The second-order valence-corrected chi connectivity index (χ2v) is 6.24. The van der Waals surface area contributed by atoms with E-state index in [1.165, 1.54) is 6.07 Å². The minimum Gasteiger partial charge on any atom is -0.483 e. The first-order valence-electron chi connectivity index (χ1n) is 8.41. The Morgan fingerprint density at radius 1 is 1.26 bits per heavy atom. The average Bonchev–Trinajstić information content (AvgIpc) is 3.27. The van der Waals surface area contributed by atoms with Gasteiger partial charge >= 0.3 is 0 Å². The van der Waals surface area contributed by atoms with Crippen LogP contribution in [0.15, 0.2) is 49.1 Å². The Kier molecular flexibility index (Phi) is 4.19. The zero-order valence-corrected chi connectivity index (χ0v) is 14.9. The fourth-order valence-electron chi connectivity index (χ4n) is 3.00. The maximum absolute atomic E-state index is 15.1. The molecule has 4 aromatic rings. The van der Waals surface area contributed by atoms with Crippen molar-refractivity contribution in [1.82, 2.24) is 19.5 Å². The molecule has 0 fully saturated rings. The number of halogens is 1. The normalized spacial score (nSPS) is 11.1. The molecular weight excluding hydrogens is 347 g/mol. The van der Waals surface area contributed by atoms with Gasteiger partial charge in [0.15, 0.2) is 17.3 Å². The van der Waals surface area contributed by atoms with E-state index in [1.807, 2.05) is 7.05 Å². The minimum absolute atomic E-state index is 0.00269. The van der Waals surface area contributed by atoms with Crippen LogP contribution in [0.1, 0.15) is 27.3 Å². The van der Waals surface area contributed by atoms with E-state index in [4.69, 9.17) is 4.74 Å². The number of rotatable bonds is 5. The van der Waals surface area contributed by atoms with Gasteiger partial charge in [-0.1, -0.05) is 6.07 Å². The Bertz CT molecular complexity index is 1150. The molecule has 0 aliphatic heterocycles. The summed E-state index contributed by atoms with van der Waals surface area (Å²) in [6.45, 7) is 1.81. The molecular formula is C20H17FN4O2. The third-order valence-corrected chi connectivity index (χ3v) is 4.52. The SMILES string of the molecule is Cc1ccc(OCc2nccn2C)c(F)c1C(=O)c1c[nH]c2ncccc12. The van der Waals surface area contributed by atoms with Crippen LogP contribution < -0.4 is 4.74 Å². The number of aryl methyl sites for hydroxylation is 2. The predicted molar refractivity (Wildman–Crippen MR) is 98.2 cm³/mol. The van der Waals surface area contributed by atoms with Crippen LogP contribution in [-0.4, -0.2) is 25.3 Å². The van der Waals surface area contributed by atoms with E-state index < -0.39 is 11.6 Å². The van der Waals surface area contributed by atoms with Gasteiger partial charge in [-0.25, -0.2) is 14.4 Å². The van der Waals surface area contributed by atoms with Crippen LogP contribution in [-0.2, 0) is 13.7 Å². The van der Waals surface area contributed by atoms with Crippen LogP contribution in [0.25, 0.3) is 11.0 Å². The van der Waals surface area contributed by atoms with Crippen molar-refractivity contribution < 1.29 is 13.9 Å². The lowest BCUT2D eigenvalue weighted by molar-refractivity contribution is 0.103. The van der Waals surface area contributed by atoms with Gasteiger partial charge in [0.1, 0.15) is 18.1 Å². The van der Waals surface area contributed by atoms with Gasteiger partial charge in [0.2, 0.25) is 0 Å². The van der Waals surface area contributed by atoms with Crippen molar-refractivity contribution in [3.63, 3.8) is 0 Å². The number of pyridine rings is 1. The molecule has 0 saturated heterocycles. The van der Waals surface area contributed by atoms with Crippen LogP contribution in [0, 0.1) is 12.7 Å². The summed E-state index contributed by atoms with van der Waals surface area (Å²) >= 11 is 0. The van der Waals surface area contributed by atoms with Crippen LogP contribution in [0.4, 0.5) is 4.39 Å². The highest BCUT2D eigenvalue weighted by molar-refractivity contribution is 6.16. The summed E-state index contributed by atoms with van der Waals surface area (Å²) in [6, 6.07) is 6.72. The van der Waals surface area contributed by atoms with Gasteiger partial charge < -0.3 is 14.3 Å². The van der Waals surface area contributed by atoms with Gasteiger partial charge in [0.25, 0.3) is 0 Å². The number of ketones is 1. The number of ether oxygens (including phenoxy) is 1. The number of aromatic amines is 1. The van der Waals surface area contributed by atoms with Crippen molar-refractivity contribution >= 4 is 16.8 Å². The zero-order chi connectivity index (χ0) is 19.0. The number of nitrogens with one attached hydrogen (secondary N) is 1. The summed E-state index contributed by atoms with van der Waals surface area (Å²) in [5.74, 6) is -0.408. The standard InChI is InChI=1S/C20H17FN4O2/c1-12-5-6-15(27-11-16-22-8-9-25(16)2)18(21)17(12)19(26)14-10-24-20-13(14)4-3-7-23-20/h3-10H,11H2,1-2H3,(H,23,24). The van der Waals surface area contributed by atoms with E-state index in [-0.39, 0.29) is 17.9 Å². The molecule has 1 N–H and O–H groups in total. The molecule has 0 aliphatic rings. The third-order valence-electron chi connectivity index (χ3n) is 4.52. The zero-order valence-electron chi connectivity index (χ0n) is 14.9. The fraction of sp³-hybridized carbons (Fsp3) is 0.150. The maximum atomic E-state index is 15.1. The molecule has 1 aromatic carbocycles. The van der Waals surface area contributed by atoms with E-state index in [1.54, 1.807) is 54.5 Å². The highest BCUT2D eigenvalue weighted by Gasteiger charge is 2.23. The highest BCUT2D eigenvalue weighted by Crippen LogP contribution is 2.28. The monoisotopic (exact) mass is 364 g/mol. The maximum Gasteiger partial charge on any atom is 0.198 e. The molecule has 136 valence electrons. The van der Waals surface area contributed by atoms with Crippen molar-refractivity contribution in [2.24, 2.45) is 7.05 Å². The first-order valence-corrected chi connectivity index (χ1v) is 8.41. The summed E-state index contributed by atoms with van der Waals surface area (Å²) in [4.78, 5) is 24.3. The summed E-state index contributed by atoms with van der Waals surface area (Å²) in [5, 5.41) is 0.653. The van der Waals surface area contributed by atoms with Crippen molar-refractivity contribution in [3.8, 4) is 5.75 Å². The fourth-order valence-corrected chi connectivity index (χ4v) is 3.00. The highest BCUT2D eigenvalue weighted by atomic mass is 19.1. The molecule has 0 saturated carbocycles. The Morgan fingerprint density at radius 3 is 2.89 bits per heavy atom. The molecule has 3 aromatic heterocycles. The lowest BCUT2D eigenvalue weighted by Crippen LogP contribution is -2.10. The van der Waals surface area contributed by atoms with Crippen LogP contribution in [0.2, 0.25) is 0 Å². The van der Waals surface area contributed by atoms with E-state index in [0.29, 0.717) is 28.0 Å². The van der Waals surface area contributed by atoms with Crippen LogP contribution in [0.3, 0.4) is 0 Å². The molecule has 6 nitrogen and oxygen atoms in total. The number of nitrogens with zero attached hydrogens (tertiary/aromatic N) is 3. The van der Waals surface area contributed by atoms with Crippen LogP contribution in [0.5, 0.6) is 5.75 Å². The number of benzene rings is 1. The second-order valence-electron chi connectivity index (χ2n) is 6.24. The van der Waals surface area contributed by atoms with Crippen LogP contribution >= 0.6 is 0 Å². The number of hydrogen-bond acceptors (Lipinski definition) is 4. The van der Waals surface area contributed by atoms with Gasteiger partial charge in [-0.15, -0.1) is 0 Å².